The molecule has 94 valence electrons. The highest BCUT2D eigenvalue weighted by molar-refractivity contribution is 6.06. The van der Waals surface area contributed by atoms with Crippen molar-refractivity contribution in [2.24, 2.45) is 0 Å². The van der Waals surface area contributed by atoms with Crippen LogP contribution in [-0.2, 0) is 0 Å². The zero-order valence-electron chi connectivity index (χ0n) is 10.1. The quantitative estimate of drug-likeness (QED) is 0.771. The summed E-state index contributed by atoms with van der Waals surface area (Å²) in [7, 11) is 0. The molecule has 1 aliphatic carbocycles. The Morgan fingerprint density at radius 2 is 2.17 bits per heavy atom. The minimum atomic E-state index is -0.679. The fourth-order valence-electron chi connectivity index (χ4n) is 2.36. The molecule has 1 fully saturated rings. The average Bonchev–Trinajstić information content (AvgIpc) is 2.77. The van der Waals surface area contributed by atoms with Gasteiger partial charge >= 0.3 is 0 Å². The van der Waals surface area contributed by atoms with Gasteiger partial charge < -0.3 is 15.4 Å². The second-order valence-corrected chi connectivity index (χ2v) is 5.01. The van der Waals surface area contributed by atoms with Crippen molar-refractivity contribution in [3.05, 3.63) is 36.0 Å². The molecule has 0 aliphatic heterocycles. The maximum Gasteiger partial charge on any atom is 0.253 e. The fraction of sp³-hybridized carbons (Fsp3) is 0.357. The van der Waals surface area contributed by atoms with Gasteiger partial charge in [-0.2, -0.15) is 0 Å². The van der Waals surface area contributed by atoms with Gasteiger partial charge in [0.15, 0.2) is 0 Å². The highest BCUT2D eigenvalue weighted by atomic mass is 16.3. The Morgan fingerprint density at radius 3 is 2.89 bits per heavy atom. The highest BCUT2D eigenvalue weighted by Gasteiger charge is 2.34. The Bertz CT molecular complexity index is 584. The number of carbonyl (C=O) groups is 1. The SMILES string of the molecule is O=C(NCC1(O)CCC1)c1c[nH]c2ccccc12. The summed E-state index contributed by atoms with van der Waals surface area (Å²) in [5.74, 6) is -0.132. The van der Waals surface area contributed by atoms with Crippen molar-refractivity contribution in [2.45, 2.75) is 24.9 Å². The van der Waals surface area contributed by atoms with Crippen LogP contribution in [0.3, 0.4) is 0 Å². The van der Waals surface area contributed by atoms with E-state index in [1.165, 1.54) is 0 Å². The van der Waals surface area contributed by atoms with E-state index in [4.69, 9.17) is 0 Å². The van der Waals surface area contributed by atoms with E-state index >= 15 is 0 Å². The number of rotatable bonds is 3. The number of carbonyl (C=O) groups excluding carboxylic acids is 1. The van der Waals surface area contributed by atoms with E-state index < -0.39 is 5.60 Å². The Balaban J connectivity index is 1.75. The minimum Gasteiger partial charge on any atom is -0.388 e. The molecule has 4 heteroatoms. The number of hydrogen-bond donors (Lipinski definition) is 3. The molecule has 3 N–H and O–H groups in total. The number of amides is 1. The molecule has 0 unspecified atom stereocenters. The van der Waals surface area contributed by atoms with Gasteiger partial charge in [-0.25, -0.2) is 0 Å². The molecule has 1 aromatic heterocycles. The number of para-hydroxylation sites is 1. The normalized spacial score (nSPS) is 17.4. The molecule has 1 aliphatic rings. The molecule has 0 saturated heterocycles. The number of benzene rings is 1. The molecule has 18 heavy (non-hydrogen) atoms. The molecule has 1 saturated carbocycles. The predicted molar refractivity (Wildman–Crippen MR) is 69.4 cm³/mol. The first kappa shape index (κ1) is 11.3. The van der Waals surface area contributed by atoms with Gasteiger partial charge in [-0.1, -0.05) is 18.2 Å². The number of H-pyrrole nitrogens is 1. The lowest BCUT2D eigenvalue weighted by Crippen LogP contribution is -2.47. The molecule has 0 radical (unpaired) electrons. The van der Waals surface area contributed by atoms with Crippen LogP contribution in [0, 0.1) is 0 Å². The van der Waals surface area contributed by atoms with Gasteiger partial charge in [-0.3, -0.25) is 4.79 Å². The van der Waals surface area contributed by atoms with Crippen LogP contribution >= 0.6 is 0 Å². The lowest BCUT2D eigenvalue weighted by Gasteiger charge is -2.36. The summed E-state index contributed by atoms with van der Waals surface area (Å²) < 4.78 is 0. The summed E-state index contributed by atoms with van der Waals surface area (Å²) >= 11 is 0. The van der Waals surface area contributed by atoms with Crippen LogP contribution in [0.15, 0.2) is 30.5 Å². The van der Waals surface area contributed by atoms with Gasteiger partial charge in [0.25, 0.3) is 5.91 Å². The lowest BCUT2D eigenvalue weighted by molar-refractivity contribution is -0.0300. The summed E-state index contributed by atoms with van der Waals surface area (Å²) in [4.78, 5) is 15.1. The third-order valence-electron chi connectivity index (χ3n) is 3.70. The van der Waals surface area contributed by atoms with Crippen molar-refractivity contribution < 1.29 is 9.90 Å². The van der Waals surface area contributed by atoms with E-state index in [0.717, 1.165) is 30.2 Å². The first-order valence-electron chi connectivity index (χ1n) is 6.25. The minimum absolute atomic E-state index is 0.132. The number of nitrogens with one attached hydrogen (secondary N) is 2. The zero-order chi connectivity index (χ0) is 12.6. The number of aliphatic hydroxyl groups is 1. The van der Waals surface area contributed by atoms with Gasteiger partial charge in [0, 0.05) is 23.6 Å². The monoisotopic (exact) mass is 244 g/mol. The van der Waals surface area contributed by atoms with Crippen molar-refractivity contribution in [3.63, 3.8) is 0 Å². The van der Waals surface area contributed by atoms with Crippen LogP contribution in [0.2, 0.25) is 0 Å². The standard InChI is InChI=1S/C14H16N2O2/c17-13(16-9-14(18)6-3-7-14)11-8-15-12-5-2-1-4-10(11)12/h1-2,4-5,8,15,18H,3,6-7,9H2,(H,16,17). The highest BCUT2D eigenvalue weighted by Crippen LogP contribution is 2.30. The Hall–Kier alpha value is -1.81. The molecule has 1 amide bonds. The van der Waals surface area contributed by atoms with E-state index in [-0.39, 0.29) is 5.91 Å². The lowest BCUT2D eigenvalue weighted by atomic mass is 9.80. The van der Waals surface area contributed by atoms with Crippen LogP contribution in [-0.4, -0.2) is 28.1 Å². The molecule has 1 heterocycles. The van der Waals surface area contributed by atoms with Crippen LogP contribution < -0.4 is 5.32 Å². The molecular formula is C14H16N2O2. The molecule has 0 bridgehead atoms. The molecule has 1 aromatic carbocycles. The smallest absolute Gasteiger partial charge is 0.253 e. The van der Waals surface area contributed by atoms with Crippen molar-refractivity contribution >= 4 is 16.8 Å². The summed E-state index contributed by atoms with van der Waals surface area (Å²) in [5.41, 5.74) is 0.903. The Kier molecular flexibility index (Phi) is 2.59. The second-order valence-electron chi connectivity index (χ2n) is 5.01. The number of aromatic amines is 1. The maximum atomic E-state index is 12.1. The van der Waals surface area contributed by atoms with Gasteiger partial charge in [0.1, 0.15) is 0 Å². The Labute approximate surface area is 105 Å². The predicted octanol–water partition coefficient (Wildman–Crippen LogP) is 1.81. The van der Waals surface area contributed by atoms with Crippen molar-refractivity contribution in [1.29, 1.82) is 0 Å². The van der Waals surface area contributed by atoms with E-state index in [0.29, 0.717) is 12.1 Å². The van der Waals surface area contributed by atoms with Gasteiger partial charge in [-0.05, 0) is 25.3 Å². The average molecular weight is 244 g/mol. The van der Waals surface area contributed by atoms with Gasteiger partial charge in [0.2, 0.25) is 0 Å². The molecule has 3 rings (SSSR count). The third kappa shape index (κ3) is 1.88. The first-order chi connectivity index (χ1) is 8.68. The molecule has 0 spiro atoms. The van der Waals surface area contributed by atoms with E-state index in [2.05, 4.69) is 10.3 Å². The summed E-state index contributed by atoms with van der Waals surface area (Å²) in [6, 6.07) is 7.69. The van der Waals surface area contributed by atoms with Crippen molar-refractivity contribution in [3.8, 4) is 0 Å². The molecule has 0 atom stereocenters. The van der Waals surface area contributed by atoms with Crippen molar-refractivity contribution in [1.82, 2.24) is 10.3 Å². The topological polar surface area (TPSA) is 65.1 Å². The second kappa shape index (κ2) is 4.14. The number of aromatic nitrogens is 1. The Morgan fingerprint density at radius 1 is 1.39 bits per heavy atom. The summed E-state index contributed by atoms with van der Waals surface area (Å²) in [6.07, 6.45) is 4.31. The van der Waals surface area contributed by atoms with E-state index in [1.54, 1.807) is 6.20 Å². The first-order valence-corrected chi connectivity index (χ1v) is 6.25. The third-order valence-corrected chi connectivity index (χ3v) is 3.70. The van der Waals surface area contributed by atoms with Gasteiger partial charge in [-0.15, -0.1) is 0 Å². The van der Waals surface area contributed by atoms with E-state index in [1.807, 2.05) is 24.3 Å². The largest absolute Gasteiger partial charge is 0.388 e. The molecular weight excluding hydrogens is 228 g/mol. The fourth-order valence-corrected chi connectivity index (χ4v) is 2.36. The zero-order valence-corrected chi connectivity index (χ0v) is 10.1. The van der Waals surface area contributed by atoms with E-state index in [9.17, 15) is 9.90 Å². The number of fused-ring (bicyclic) bond motifs is 1. The van der Waals surface area contributed by atoms with Crippen LogP contribution in [0.1, 0.15) is 29.6 Å². The maximum absolute atomic E-state index is 12.1. The summed E-state index contributed by atoms with van der Waals surface area (Å²) in [6.45, 7) is 0.339. The van der Waals surface area contributed by atoms with Crippen molar-refractivity contribution in [2.75, 3.05) is 6.54 Å². The van der Waals surface area contributed by atoms with Gasteiger partial charge in [0.05, 0.1) is 11.2 Å². The summed E-state index contributed by atoms with van der Waals surface area (Å²) in [5, 5.41) is 13.7. The molecule has 4 nitrogen and oxygen atoms in total. The van der Waals surface area contributed by atoms with Crippen LogP contribution in [0.25, 0.3) is 10.9 Å². The molecule has 2 aromatic rings. The number of hydrogen-bond acceptors (Lipinski definition) is 2. The van der Waals surface area contributed by atoms with Crippen LogP contribution in [0.5, 0.6) is 0 Å². The van der Waals surface area contributed by atoms with Crippen LogP contribution in [0.4, 0.5) is 0 Å².